The van der Waals surface area contributed by atoms with Crippen molar-refractivity contribution in [3.63, 3.8) is 0 Å². The summed E-state index contributed by atoms with van der Waals surface area (Å²) in [7, 11) is 3.20. The number of ether oxygens (including phenoxy) is 2. The molecule has 3 heterocycles. The molecule has 1 saturated carbocycles. The van der Waals surface area contributed by atoms with Crippen molar-refractivity contribution in [1.82, 2.24) is 24.3 Å². The zero-order valence-electron chi connectivity index (χ0n) is 23.2. The second-order valence-electron chi connectivity index (χ2n) is 10.6. The van der Waals surface area contributed by atoms with Gasteiger partial charge in [-0.25, -0.2) is 4.79 Å². The molecule has 0 spiro atoms. The van der Waals surface area contributed by atoms with Crippen molar-refractivity contribution in [1.29, 1.82) is 0 Å². The normalized spacial score (nSPS) is 19.3. The third-order valence-corrected chi connectivity index (χ3v) is 7.85. The van der Waals surface area contributed by atoms with Crippen LogP contribution in [-0.4, -0.2) is 71.5 Å². The van der Waals surface area contributed by atoms with Crippen LogP contribution in [0.15, 0.2) is 32.8 Å². The summed E-state index contributed by atoms with van der Waals surface area (Å²) in [5.74, 6) is -0.454. The Morgan fingerprint density at radius 1 is 1.08 bits per heavy atom. The van der Waals surface area contributed by atoms with Gasteiger partial charge in [-0.15, -0.1) is 0 Å². The summed E-state index contributed by atoms with van der Waals surface area (Å²) in [4.78, 5) is 57.6. The fourth-order valence-corrected chi connectivity index (χ4v) is 5.56. The number of carbonyl (C=O) groups is 1. The average Bonchev–Trinajstić information content (AvgIpc) is 3.78. The number of aryl methyl sites for hydroxylation is 1. The number of nitrogens with zero attached hydrogens (tertiary/aromatic N) is 3. The van der Waals surface area contributed by atoms with Crippen molar-refractivity contribution in [2.75, 3.05) is 40.5 Å². The summed E-state index contributed by atoms with van der Waals surface area (Å²) in [5.41, 5.74) is 1.12. The van der Waals surface area contributed by atoms with Gasteiger partial charge in [-0.2, -0.15) is 0 Å². The van der Waals surface area contributed by atoms with E-state index < -0.39 is 0 Å². The highest BCUT2D eigenvalue weighted by molar-refractivity contribution is 5.81. The van der Waals surface area contributed by atoms with E-state index in [0.717, 1.165) is 31.4 Å². The predicted octanol–water partition coefficient (Wildman–Crippen LogP) is 0.964. The van der Waals surface area contributed by atoms with Gasteiger partial charge in [0.2, 0.25) is 5.91 Å². The molecule has 0 aromatic carbocycles. The van der Waals surface area contributed by atoms with Gasteiger partial charge in [0.15, 0.2) is 0 Å². The molecule has 2 atom stereocenters. The van der Waals surface area contributed by atoms with Gasteiger partial charge >= 0.3 is 5.69 Å². The first kappa shape index (κ1) is 29.0. The summed E-state index contributed by atoms with van der Waals surface area (Å²) >= 11 is 0. The lowest BCUT2D eigenvalue weighted by Crippen LogP contribution is -2.48. The number of methoxy groups -OCH3 is 2. The van der Waals surface area contributed by atoms with E-state index in [9.17, 15) is 19.2 Å². The zero-order valence-corrected chi connectivity index (χ0v) is 23.2. The van der Waals surface area contributed by atoms with Crippen LogP contribution < -0.4 is 22.1 Å². The maximum atomic E-state index is 14.1. The Morgan fingerprint density at radius 3 is 2.49 bits per heavy atom. The number of hydrogen-bond acceptors (Lipinski definition) is 7. The van der Waals surface area contributed by atoms with Crippen LogP contribution in [0, 0.1) is 12.8 Å². The Balaban J connectivity index is 1.65. The van der Waals surface area contributed by atoms with Crippen LogP contribution in [0.1, 0.15) is 54.7 Å². The van der Waals surface area contributed by atoms with Crippen molar-refractivity contribution >= 4 is 5.91 Å². The van der Waals surface area contributed by atoms with Crippen LogP contribution in [0.3, 0.4) is 0 Å². The zero-order chi connectivity index (χ0) is 27.9. The van der Waals surface area contributed by atoms with Crippen molar-refractivity contribution in [3.8, 4) is 0 Å². The maximum Gasteiger partial charge on any atom is 0.330 e. The molecule has 2 N–H and O–H groups in total. The highest BCUT2D eigenvalue weighted by Gasteiger charge is 2.41. The van der Waals surface area contributed by atoms with Crippen molar-refractivity contribution in [2.24, 2.45) is 5.92 Å². The molecule has 4 rings (SSSR count). The van der Waals surface area contributed by atoms with E-state index in [4.69, 9.17) is 9.47 Å². The Kier molecular flexibility index (Phi) is 9.93. The van der Waals surface area contributed by atoms with E-state index in [-0.39, 0.29) is 53.7 Å². The summed E-state index contributed by atoms with van der Waals surface area (Å²) in [6, 6.07) is 1.97. The van der Waals surface area contributed by atoms with E-state index in [1.165, 1.54) is 4.57 Å². The molecule has 1 amide bonds. The molecule has 214 valence electrons. The Morgan fingerprint density at radius 2 is 1.79 bits per heavy atom. The molecule has 1 aliphatic heterocycles. The van der Waals surface area contributed by atoms with E-state index in [1.807, 2.05) is 11.0 Å². The summed E-state index contributed by atoms with van der Waals surface area (Å²) in [6.07, 6.45) is 6.94. The number of H-pyrrole nitrogens is 1. The molecule has 11 nitrogen and oxygen atoms in total. The number of aromatic nitrogens is 3. The second-order valence-corrected chi connectivity index (χ2v) is 10.6. The van der Waals surface area contributed by atoms with Crippen molar-refractivity contribution in [2.45, 2.75) is 70.6 Å². The average molecular weight is 544 g/mol. The quantitative estimate of drug-likeness (QED) is 0.360. The highest BCUT2D eigenvalue weighted by atomic mass is 16.5. The fraction of sp³-hybridized carbons (Fsp3) is 0.643. The first-order valence-electron chi connectivity index (χ1n) is 13.9. The number of nitrogens with one attached hydrogen (secondary N) is 2. The van der Waals surface area contributed by atoms with E-state index in [1.54, 1.807) is 38.1 Å². The van der Waals surface area contributed by atoms with Crippen LogP contribution in [0.5, 0.6) is 0 Å². The van der Waals surface area contributed by atoms with Gasteiger partial charge in [0, 0.05) is 71.1 Å². The number of aromatic amines is 1. The van der Waals surface area contributed by atoms with Gasteiger partial charge < -0.3 is 24.7 Å². The number of amides is 1. The molecule has 11 heteroatoms. The minimum absolute atomic E-state index is 0.0168. The number of rotatable bonds is 13. The standard InChI is InChI=1S/C28H41N5O6/c1-19-22(9-11-30-25(19)34)23-8-10-29-16-24(23)27(36)33(21-6-7-21)18-20-17-31(12-4-14-38-2)28(37)32(26(20)35)13-5-15-39-3/h9,11,17,21,23-24,29H,4-8,10,12-16,18H2,1-3H3,(H,30,34)/t23-,24+/m1/s1. The largest absolute Gasteiger partial charge is 0.385 e. The molecular formula is C28H41N5O6. The topological polar surface area (TPSA) is 128 Å². The third-order valence-electron chi connectivity index (χ3n) is 7.85. The number of pyridine rings is 1. The Hall–Kier alpha value is -3.02. The molecular weight excluding hydrogens is 502 g/mol. The molecule has 2 aromatic rings. The predicted molar refractivity (Wildman–Crippen MR) is 147 cm³/mol. The summed E-state index contributed by atoms with van der Waals surface area (Å²) in [5, 5.41) is 3.35. The van der Waals surface area contributed by atoms with Crippen LogP contribution in [0.25, 0.3) is 0 Å². The number of carbonyl (C=O) groups excluding carboxylic acids is 1. The molecule has 1 aliphatic carbocycles. The van der Waals surface area contributed by atoms with Gasteiger partial charge in [0.05, 0.1) is 18.0 Å². The summed E-state index contributed by atoms with van der Waals surface area (Å²) in [6.45, 7) is 4.82. The number of piperidine rings is 1. The van der Waals surface area contributed by atoms with Crippen LogP contribution >= 0.6 is 0 Å². The SMILES string of the molecule is COCCCn1cc(CN(C(=O)[C@H]2CNCC[C@@H]2c2cc[nH]c(=O)c2C)C2CC2)c(=O)n(CCCOC)c1=O. The van der Waals surface area contributed by atoms with Gasteiger partial charge in [-0.3, -0.25) is 23.5 Å². The second kappa shape index (κ2) is 13.4. The van der Waals surface area contributed by atoms with Gasteiger partial charge in [-0.1, -0.05) is 0 Å². The molecule has 0 radical (unpaired) electrons. The van der Waals surface area contributed by atoms with Gasteiger partial charge in [0.25, 0.3) is 11.1 Å². The minimum atomic E-state index is -0.360. The lowest BCUT2D eigenvalue weighted by Gasteiger charge is -2.36. The fourth-order valence-electron chi connectivity index (χ4n) is 5.56. The van der Waals surface area contributed by atoms with Crippen LogP contribution in [0.2, 0.25) is 0 Å². The third kappa shape index (κ3) is 6.77. The van der Waals surface area contributed by atoms with E-state index in [2.05, 4.69) is 10.3 Å². The maximum absolute atomic E-state index is 14.1. The van der Waals surface area contributed by atoms with Gasteiger partial charge in [0.1, 0.15) is 0 Å². The molecule has 2 aliphatic rings. The van der Waals surface area contributed by atoms with Crippen LogP contribution in [0.4, 0.5) is 0 Å². The molecule has 0 bridgehead atoms. The lowest BCUT2D eigenvalue weighted by molar-refractivity contribution is -0.138. The first-order valence-corrected chi connectivity index (χ1v) is 13.9. The Labute approximate surface area is 228 Å². The minimum Gasteiger partial charge on any atom is -0.385 e. The smallest absolute Gasteiger partial charge is 0.330 e. The van der Waals surface area contributed by atoms with Crippen molar-refractivity contribution in [3.05, 3.63) is 66.3 Å². The number of hydrogen-bond donors (Lipinski definition) is 2. The molecule has 2 fully saturated rings. The molecule has 2 aromatic heterocycles. The first-order chi connectivity index (χ1) is 18.9. The molecule has 0 unspecified atom stereocenters. The van der Waals surface area contributed by atoms with Gasteiger partial charge in [-0.05, 0) is 63.1 Å². The van der Waals surface area contributed by atoms with Crippen molar-refractivity contribution < 1.29 is 14.3 Å². The van der Waals surface area contributed by atoms with E-state index >= 15 is 0 Å². The highest BCUT2D eigenvalue weighted by Crippen LogP contribution is 2.36. The summed E-state index contributed by atoms with van der Waals surface area (Å²) < 4.78 is 13.1. The van der Waals surface area contributed by atoms with E-state index in [0.29, 0.717) is 50.3 Å². The molecule has 1 saturated heterocycles. The molecule has 39 heavy (non-hydrogen) atoms. The monoisotopic (exact) mass is 543 g/mol. The lowest BCUT2D eigenvalue weighted by atomic mass is 9.79. The Bertz CT molecular complexity index is 1310. The van der Waals surface area contributed by atoms with Crippen LogP contribution in [-0.2, 0) is 33.9 Å².